The first-order chi connectivity index (χ1) is 14.5. The number of amides is 2. The lowest BCUT2D eigenvalue weighted by molar-refractivity contribution is 0.0383. The molecule has 160 valence electrons. The predicted molar refractivity (Wildman–Crippen MR) is 116 cm³/mol. The molecule has 3 rings (SSSR count). The Labute approximate surface area is 177 Å². The molecule has 7 heteroatoms. The predicted octanol–water partition coefficient (Wildman–Crippen LogP) is 2.79. The van der Waals surface area contributed by atoms with Crippen LogP contribution in [0.1, 0.15) is 34.6 Å². The number of ether oxygens (including phenoxy) is 2. The quantitative estimate of drug-likeness (QED) is 0.698. The molecule has 0 atom stereocenters. The molecule has 1 saturated heterocycles. The van der Waals surface area contributed by atoms with Gasteiger partial charge in [-0.05, 0) is 62.4 Å². The Morgan fingerprint density at radius 2 is 1.57 bits per heavy atom. The number of nitrogens with zero attached hydrogens (tertiary/aromatic N) is 1. The molecule has 0 aliphatic carbocycles. The van der Waals surface area contributed by atoms with E-state index < -0.39 is 0 Å². The molecular weight excluding hydrogens is 382 g/mol. The molecule has 1 heterocycles. The lowest BCUT2D eigenvalue weighted by Crippen LogP contribution is -2.41. The second kappa shape index (κ2) is 10.8. The molecule has 2 N–H and O–H groups in total. The number of carbonyl (C=O) groups is 2. The Balaban J connectivity index is 1.47. The number of hydrogen-bond donors (Lipinski definition) is 2. The van der Waals surface area contributed by atoms with Crippen molar-refractivity contribution in [2.75, 3.05) is 44.7 Å². The standard InChI is InChI=1S/C23H29N3O4/c1-17(2)30-21-9-5-19(6-10-21)23(28)25-20-7-3-18(4-8-20)22(27)24-11-12-26-13-15-29-16-14-26/h3-10,17H,11-16H2,1-2H3,(H,24,27)(H,25,28). The van der Waals surface area contributed by atoms with Gasteiger partial charge < -0.3 is 20.1 Å². The van der Waals surface area contributed by atoms with E-state index in [1.165, 1.54) is 0 Å². The van der Waals surface area contributed by atoms with Gasteiger partial charge in [0.25, 0.3) is 11.8 Å². The van der Waals surface area contributed by atoms with Crippen molar-refractivity contribution in [1.29, 1.82) is 0 Å². The number of anilines is 1. The zero-order chi connectivity index (χ0) is 21.3. The summed E-state index contributed by atoms with van der Waals surface area (Å²) in [6, 6.07) is 13.9. The van der Waals surface area contributed by atoms with E-state index >= 15 is 0 Å². The first-order valence-corrected chi connectivity index (χ1v) is 10.3. The van der Waals surface area contributed by atoms with Crippen LogP contribution in [0.4, 0.5) is 5.69 Å². The summed E-state index contributed by atoms with van der Waals surface area (Å²) < 4.78 is 10.9. The highest BCUT2D eigenvalue weighted by molar-refractivity contribution is 6.04. The van der Waals surface area contributed by atoms with Gasteiger partial charge in [-0.25, -0.2) is 0 Å². The fourth-order valence-corrected chi connectivity index (χ4v) is 3.12. The van der Waals surface area contributed by atoms with Crippen LogP contribution in [0.2, 0.25) is 0 Å². The lowest BCUT2D eigenvalue weighted by atomic mass is 10.1. The largest absolute Gasteiger partial charge is 0.491 e. The summed E-state index contributed by atoms with van der Waals surface area (Å²) in [7, 11) is 0. The molecule has 30 heavy (non-hydrogen) atoms. The first kappa shape index (κ1) is 21.8. The second-order valence-electron chi connectivity index (χ2n) is 7.43. The monoisotopic (exact) mass is 411 g/mol. The van der Waals surface area contributed by atoms with E-state index in [1.807, 2.05) is 13.8 Å². The van der Waals surface area contributed by atoms with Crippen molar-refractivity contribution in [3.8, 4) is 5.75 Å². The zero-order valence-electron chi connectivity index (χ0n) is 17.5. The fourth-order valence-electron chi connectivity index (χ4n) is 3.12. The molecule has 0 bridgehead atoms. The molecule has 7 nitrogen and oxygen atoms in total. The van der Waals surface area contributed by atoms with Gasteiger partial charge in [0, 0.05) is 43.0 Å². The van der Waals surface area contributed by atoms with Crippen LogP contribution in [-0.2, 0) is 4.74 Å². The Hall–Kier alpha value is -2.90. The summed E-state index contributed by atoms with van der Waals surface area (Å²) in [6.45, 7) is 8.60. The maximum atomic E-state index is 12.4. The van der Waals surface area contributed by atoms with Crippen molar-refractivity contribution in [3.05, 3.63) is 59.7 Å². The van der Waals surface area contributed by atoms with E-state index in [4.69, 9.17) is 9.47 Å². The third-order valence-electron chi connectivity index (χ3n) is 4.71. The normalized spacial score (nSPS) is 14.4. The molecule has 1 aliphatic rings. The Kier molecular flexibility index (Phi) is 7.82. The lowest BCUT2D eigenvalue weighted by Gasteiger charge is -2.26. The van der Waals surface area contributed by atoms with E-state index in [0.29, 0.717) is 23.4 Å². The van der Waals surface area contributed by atoms with E-state index in [1.54, 1.807) is 48.5 Å². The summed E-state index contributed by atoms with van der Waals surface area (Å²) in [5, 5.41) is 5.77. The SMILES string of the molecule is CC(C)Oc1ccc(C(=O)Nc2ccc(C(=O)NCCN3CCOCC3)cc2)cc1. The van der Waals surface area contributed by atoms with Crippen LogP contribution in [-0.4, -0.2) is 62.2 Å². The van der Waals surface area contributed by atoms with Crippen LogP contribution >= 0.6 is 0 Å². The van der Waals surface area contributed by atoms with E-state index in [2.05, 4.69) is 15.5 Å². The van der Waals surface area contributed by atoms with Crippen LogP contribution in [0.25, 0.3) is 0 Å². The maximum Gasteiger partial charge on any atom is 0.255 e. The molecule has 2 aromatic carbocycles. The van der Waals surface area contributed by atoms with E-state index in [0.717, 1.165) is 38.6 Å². The average Bonchev–Trinajstić information content (AvgIpc) is 2.75. The van der Waals surface area contributed by atoms with Crippen LogP contribution < -0.4 is 15.4 Å². The minimum Gasteiger partial charge on any atom is -0.491 e. The smallest absolute Gasteiger partial charge is 0.255 e. The third-order valence-corrected chi connectivity index (χ3v) is 4.71. The van der Waals surface area contributed by atoms with Crippen LogP contribution in [0.3, 0.4) is 0 Å². The van der Waals surface area contributed by atoms with Gasteiger partial charge in [0.15, 0.2) is 0 Å². The average molecular weight is 412 g/mol. The van der Waals surface area contributed by atoms with E-state index in [9.17, 15) is 9.59 Å². The third kappa shape index (κ3) is 6.57. The van der Waals surface area contributed by atoms with Crippen molar-refractivity contribution in [2.45, 2.75) is 20.0 Å². The molecule has 2 amide bonds. The Morgan fingerprint density at radius 3 is 2.20 bits per heavy atom. The van der Waals surface area contributed by atoms with Gasteiger partial charge in [0.05, 0.1) is 19.3 Å². The van der Waals surface area contributed by atoms with Crippen molar-refractivity contribution in [3.63, 3.8) is 0 Å². The number of carbonyl (C=O) groups excluding carboxylic acids is 2. The van der Waals surface area contributed by atoms with Gasteiger partial charge in [0.1, 0.15) is 5.75 Å². The van der Waals surface area contributed by atoms with Crippen molar-refractivity contribution < 1.29 is 19.1 Å². The minimum absolute atomic E-state index is 0.0831. The highest BCUT2D eigenvalue weighted by Crippen LogP contribution is 2.16. The fraction of sp³-hybridized carbons (Fsp3) is 0.391. The van der Waals surface area contributed by atoms with Crippen molar-refractivity contribution >= 4 is 17.5 Å². The van der Waals surface area contributed by atoms with Gasteiger partial charge in [-0.1, -0.05) is 0 Å². The van der Waals surface area contributed by atoms with Gasteiger partial charge in [0.2, 0.25) is 0 Å². The Morgan fingerprint density at radius 1 is 0.967 bits per heavy atom. The summed E-state index contributed by atoms with van der Waals surface area (Å²) in [6.07, 6.45) is 0.0831. The number of nitrogens with one attached hydrogen (secondary N) is 2. The highest BCUT2D eigenvalue weighted by Gasteiger charge is 2.12. The maximum absolute atomic E-state index is 12.4. The molecule has 0 unspecified atom stereocenters. The van der Waals surface area contributed by atoms with Gasteiger partial charge in [-0.2, -0.15) is 0 Å². The summed E-state index contributed by atoms with van der Waals surface area (Å²) in [5.74, 6) is 0.390. The summed E-state index contributed by atoms with van der Waals surface area (Å²) in [5.41, 5.74) is 1.73. The molecule has 1 aliphatic heterocycles. The molecule has 0 saturated carbocycles. The summed E-state index contributed by atoms with van der Waals surface area (Å²) >= 11 is 0. The molecule has 0 aromatic heterocycles. The topological polar surface area (TPSA) is 79.9 Å². The zero-order valence-corrected chi connectivity index (χ0v) is 17.5. The molecule has 0 spiro atoms. The highest BCUT2D eigenvalue weighted by atomic mass is 16.5. The first-order valence-electron chi connectivity index (χ1n) is 10.3. The number of benzene rings is 2. The van der Waals surface area contributed by atoms with Crippen molar-refractivity contribution in [1.82, 2.24) is 10.2 Å². The molecular formula is C23H29N3O4. The molecule has 2 aromatic rings. The van der Waals surface area contributed by atoms with Crippen molar-refractivity contribution in [2.24, 2.45) is 0 Å². The number of morpholine rings is 1. The number of rotatable bonds is 8. The van der Waals surface area contributed by atoms with Crippen LogP contribution in [0.15, 0.2) is 48.5 Å². The van der Waals surface area contributed by atoms with Gasteiger partial charge in [-0.15, -0.1) is 0 Å². The molecule has 0 radical (unpaired) electrons. The molecule has 1 fully saturated rings. The summed E-state index contributed by atoms with van der Waals surface area (Å²) in [4.78, 5) is 27.0. The van der Waals surface area contributed by atoms with Gasteiger partial charge in [-0.3, -0.25) is 14.5 Å². The second-order valence-corrected chi connectivity index (χ2v) is 7.43. The van der Waals surface area contributed by atoms with Crippen LogP contribution in [0.5, 0.6) is 5.75 Å². The Bertz CT molecular complexity index is 829. The number of hydrogen-bond acceptors (Lipinski definition) is 5. The van der Waals surface area contributed by atoms with E-state index in [-0.39, 0.29) is 17.9 Å². The van der Waals surface area contributed by atoms with Gasteiger partial charge >= 0.3 is 0 Å². The van der Waals surface area contributed by atoms with Crippen LogP contribution in [0, 0.1) is 0 Å². The minimum atomic E-state index is -0.214.